The van der Waals surface area contributed by atoms with Gasteiger partial charge in [0.25, 0.3) is 5.95 Å². The minimum atomic E-state index is -0.333. The third kappa shape index (κ3) is 2.48. The summed E-state index contributed by atoms with van der Waals surface area (Å²) in [5.41, 5.74) is 1.83. The second kappa shape index (κ2) is 6.02. The highest BCUT2D eigenvalue weighted by atomic mass is 16.7. The summed E-state index contributed by atoms with van der Waals surface area (Å²) < 4.78 is 22.5. The highest BCUT2D eigenvalue weighted by molar-refractivity contribution is 5.42. The van der Waals surface area contributed by atoms with Crippen molar-refractivity contribution in [1.29, 1.82) is 0 Å². The van der Waals surface area contributed by atoms with Crippen molar-refractivity contribution in [2.45, 2.75) is 12.2 Å². The van der Waals surface area contributed by atoms with Gasteiger partial charge in [0, 0.05) is 11.1 Å². The van der Waals surface area contributed by atoms with E-state index in [9.17, 15) is 0 Å². The van der Waals surface area contributed by atoms with E-state index in [1.54, 1.807) is 14.2 Å². The fourth-order valence-corrected chi connectivity index (χ4v) is 2.69. The standard InChI is InChI=1S/C18H18O4/c1-12-21-17(13-8-4-6-10-15(13)19-2)18(22-12)14-9-5-7-11-16(14)20-3/h4-11,17-18H,1H2,2-3H3/t17-,18-/m0/s1. The predicted octanol–water partition coefficient (Wildman–Crippen LogP) is 4.00. The van der Waals surface area contributed by atoms with Crippen LogP contribution in [0.5, 0.6) is 11.5 Å². The van der Waals surface area contributed by atoms with E-state index in [2.05, 4.69) is 6.58 Å². The van der Waals surface area contributed by atoms with Crippen molar-refractivity contribution in [3.05, 3.63) is 72.2 Å². The van der Waals surface area contributed by atoms with Gasteiger partial charge in [-0.25, -0.2) is 0 Å². The Bertz CT molecular complexity index is 623. The van der Waals surface area contributed by atoms with E-state index in [0.29, 0.717) is 5.95 Å². The Morgan fingerprint density at radius 2 is 1.18 bits per heavy atom. The van der Waals surface area contributed by atoms with Crippen LogP contribution in [0.1, 0.15) is 23.3 Å². The molecule has 4 nitrogen and oxygen atoms in total. The van der Waals surface area contributed by atoms with E-state index in [1.807, 2.05) is 48.5 Å². The molecule has 0 spiro atoms. The van der Waals surface area contributed by atoms with Gasteiger partial charge in [-0.2, -0.15) is 0 Å². The smallest absolute Gasteiger partial charge is 0.273 e. The van der Waals surface area contributed by atoms with Gasteiger partial charge in [-0.15, -0.1) is 0 Å². The summed E-state index contributed by atoms with van der Waals surface area (Å²) in [7, 11) is 3.28. The zero-order valence-electron chi connectivity index (χ0n) is 12.6. The fraction of sp³-hybridized carbons (Fsp3) is 0.222. The molecule has 0 amide bonds. The highest BCUT2D eigenvalue weighted by Crippen LogP contribution is 2.48. The van der Waals surface area contributed by atoms with Gasteiger partial charge in [0.05, 0.1) is 14.2 Å². The molecule has 2 atom stereocenters. The lowest BCUT2D eigenvalue weighted by atomic mass is 9.97. The van der Waals surface area contributed by atoms with E-state index in [-0.39, 0.29) is 12.2 Å². The molecular formula is C18H18O4. The third-order valence-electron chi connectivity index (χ3n) is 3.68. The molecule has 3 rings (SSSR count). The second-order valence-electron chi connectivity index (χ2n) is 4.93. The number of benzene rings is 2. The molecule has 0 bridgehead atoms. The molecule has 4 heteroatoms. The maximum Gasteiger partial charge on any atom is 0.273 e. The van der Waals surface area contributed by atoms with Crippen LogP contribution in [0.2, 0.25) is 0 Å². The molecule has 1 heterocycles. The van der Waals surface area contributed by atoms with Gasteiger partial charge in [0.1, 0.15) is 11.5 Å². The Morgan fingerprint density at radius 3 is 1.59 bits per heavy atom. The molecule has 114 valence electrons. The summed E-state index contributed by atoms with van der Waals surface area (Å²) in [4.78, 5) is 0. The topological polar surface area (TPSA) is 36.9 Å². The lowest BCUT2D eigenvalue weighted by Gasteiger charge is -2.20. The minimum Gasteiger partial charge on any atom is -0.496 e. The molecule has 0 radical (unpaired) electrons. The van der Waals surface area contributed by atoms with Crippen LogP contribution < -0.4 is 9.47 Å². The van der Waals surface area contributed by atoms with E-state index in [1.165, 1.54) is 0 Å². The number of ether oxygens (including phenoxy) is 4. The molecule has 1 saturated heterocycles. The van der Waals surface area contributed by atoms with Crippen LogP contribution in [-0.4, -0.2) is 14.2 Å². The molecule has 0 aliphatic carbocycles. The van der Waals surface area contributed by atoms with Crippen LogP contribution in [0, 0.1) is 0 Å². The van der Waals surface area contributed by atoms with E-state index < -0.39 is 0 Å². The third-order valence-corrected chi connectivity index (χ3v) is 3.68. The zero-order chi connectivity index (χ0) is 15.5. The van der Waals surface area contributed by atoms with Crippen molar-refractivity contribution >= 4 is 0 Å². The molecule has 2 aromatic carbocycles. The van der Waals surface area contributed by atoms with Gasteiger partial charge in [0.15, 0.2) is 12.2 Å². The monoisotopic (exact) mass is 298 g/mol. The van der Waals surface area contributed by atoms with Crippen molar-refractivity contribution in [2.75, 3.05) is 14.2 Å². The number of rotatable bonds is 4. The second-order valence-corrected chi connectivity index (χ2v) is 4.93. The predicted molar refractivity (Wildman–Crippen MR) is 82.8 cm³/mol. The van der Waals surface area contributed by atoms with Crippen LogP contribution in [0.3, 0.4) is 0 Å². The summed E-state index contributed by atoms with van der Waals surface area (Å²) in [6.07, 6.45) is -0.667. The van der Waals surface area contributed by atoms with Crippen molar-refractivity contribution in [2.24, 2.45) is 0 Å². The molecule has 0 aromatic heterocycles. The molecule has 0 N–H and O–H groups in total. The van der Waals surface area contributed by atoms with Crippen LogP contribution >= 0.6 is 0 Å². The first-order valence-electron chi connectivity index (χ1n) is 7.02. The van der Waals surface area contributed by atoms with E-state index >= 15 is 0 Å². The van der Waals surface area contributed by atoms with Crippen molar-refractivity contribution < 1.29 is 18.9 Å². The largest absolute Gasteiger partial charge is 0.496 e. The van der Waals surface area contributed by atoms with Crippen molar-refractivity contribution in [3.63, 3.8) is 0 Å². The summed E-state index contributed by atoms with van der Waals surface area (Å²) in [5, 5.41) is 0. The Morgan fingerprint density at radius 1 is 0.773 bits per heavy atom. The van der Waals surface area contributed by atoms with Crippen LogP contribution in [-0.2, 0) is 9.47 Å². The van der Waals surface area contributed by atoms with Crippen LogP contribution in [0.25, 0.3) is 0 Å². The molecule has 1 fully saturated rings. The normalized spacial score (nSPS) is 20.2. The fourth-order valence-electron chi connectivity index (χ4n) is 2.69. The maximum absolute atomic E-state index is 5.80. The van der Waals surface area contributed by atoms with Gasteiger partial charge in [-0.05, 0) is 18.7 Å². The first-order chi connectivity index (χ1) is 10.7. The average Bonchev–Trinajstić information content (AvgIpc) is 2.96. The highest BCUT2D eigenvalue weighted by Gasteiger charge is 2.38. The summed E-state index contributed by atoms with van der Waals surface area (Å²) in [5.74, 6) is 1.81. The van der Waals surface area contributed by atoms with Gasteiger partial charge < -0.3 is 18.9 Å². The number of para-hydroxylation sites is 2. The first-order valence-corrected chi connectivity index (χ1v) is 7.02. The Hall–Kier alpha value is -2.62. The average molecular weight is 298 g/mol. The maximum atomic E-state index is 5.80. The van der Waals surface area contributed by atoms with Gasteiger partial charge in [0.2, 0.25) is 0 Å². The first kappa shape index (κ1) is 14.3. The molecular weight excluding hydrogens is 280 g/mol. The van der Waals surface area contributed by atoms with Gasteiger partial charge in [-0.1, -0.05) is 36.4 Å². The Kier molecular flexibility index (Phi) is 3.92. The molecule has 0 saturated carbocycles. The molecule has 2 aromatic rings. The minimum absolute atomic E-state index is 0.298. The lowest BCUT2D eigenvalue weighted by molar-refractivity contribution is 0.141. The molecule has 1 aliphatic rings. The Labute approximate surface area is 129 Å². The summed E-state index contributed by atoms with van der Waals surface area (Å²) in [6, 6.07) is 15.5. The molecule has 0 unspecified atom stereocenters. The lowest BCUT2D eigenvalue weighted by Crippen LogP contribution is -2.09. The molecule has 1 aliphatic heterocycles. The summed E-state index contributed by atoms with van der Waals surface area (Å²) >= 11 is 0. The van der Waals surface area contributed by atoms with Crippen molar-refractivity contribution in [3.8, 4) is 11.5 Å². The quantitative estimate of drug-likeness (QED) is 0.855. The number of methoxy groups -OCH3 is 2. The van der Waals surface area contributed by atoms with Crippen LogP contribution in [0.4, 0.5) is 0 Å². The summed E-state index contributed by atoms with van der Waals surface area (Å²) in [6.45, 7) is 3.79. The molecule has 22 heavy (non-hydrogen) atoms. The van der Waals surface area contributed by atoms with E-state index in [0.717, 1.165) is 22.6 Å². The van der Waals surface area contributed by atoms with Gasteiger partial charge >= 0.3 is 0 Å². The van der Waals surface area contributed by atoms with Crippen molar-refractivity contribution in [1.82, 2.24) is 0 Å². The zero-order valence-corrected chi connectivity index (χ0v) is 12.6. The number of hydrogen-bond acceptors (Lipinski definition) is 4. The van der Waals surface area contributed by atoms with Gasteiger partial charge in [-0.3, -0.25) is 0 Å². The van der Waals surface area contributed by atoms with Crippen LogP contribution in [0.15, 0.2) is 61.1 Å². The van der Waals surface area contributed by atoms with E-state index in [4.69, 9.17) is 18.9 Å². The number of hydrogen-bond donors (Lipinski definition) is 0. The Balaban J connectivity index is 2.04. The SMILES string of the molecule is C=C1O[C@@H](c2ccccc2OC)[C@H](c2ccccc2OC)O1.